The van der Waals surface area contributed by atoms with Crippen molar-refractivity contribution < 1.29 is 18.3 Å². The molecule has 1 aromatic heterocycles. The molecule has 1 saturated heterocycles. The molecule has 0 spiro atoms. The largest absolute Gasteiger partial charge is 0.434 e. The third-order valence-corrected chi connectivity index (χ3v) is 3.84. The number of aliphatic imine (C=N–C) groups is 1. The normalized spacial score (nSPS) is 19.2. The lowest BCUT2D eigenvalue weighted by molar-refractivity contribution is -0.140. The van der Waals surface area contributed by atoms with Crippen LogP contribution in [0.25, 0.3) is 0 Å². The van der Waals surface area contributed by atoms with Crippen molar-refractivity contribution in [1.82, 2.24) is 15.2 Å². The van der Waals surface area contributed by atoms with Crippen LogP contribution in [-0.2, 0) is 12.7 Å². The molecule has 0 amide bonds. The van der Waals surface area contributed by atoms with Crippen LogP contribution in [0.1, 0.15) is 24.0 Å². The molecule has 0 saturated carbocycles. The summed E-state index contributed by atoms with van der Waals surface area (Å²) in [5.41, 5.74) is -0.876. The molecular weight excluding hydrogens is 432 g/mol. The van der Waals surface area contributed by atoms with Gasteiger partial charge >= 0.3 is 6.18 Å². The number of hydrogen-bond donors (Lipinski definition) is 2. The number of halogens is 4. The van der Waals surface area contributed by atoms with E-state index in [0.717, 1.165) is 16.7 Å². The first-order chi connectivity index (χ1) is 9.90. The molecule has 1 aliphatic heterocycles. The van der Waals surface area contributed by atoms with Gasteiger partial charge in [0.2, 0.25) is 0 Å². The first kappa shape index (κ1) is 19.4. The maximum Gasteiger partial charge on any atom is 0.434 e. The van der Waals surface area contributed by atoms with Crippen LogP contribution in [0.5, 0.6) is 0 Å². The van der Waals surface area contributed by atoms with Crippen molar-refractivity contribution in [3.8, 4) is 0 Å². The van der Waals surface area contributed by atoms with Crippen molar-refractivity contribution in [2.75, 3.05) is 19.6 Å². The van der Waals surface area contributed by atoms with Crippen molar-refractivity contribution in [1.29, 1.82) is 0 Å². The standard InChI is InChI=1S/C12H17F3N4OS.HI/c1-2-16-11(19-4-3-8(20)6-19)17-5-10-18-9(7-21-10)12(13,14)15;/h7-8,20H,2-6H2,1H3,(H,16,17);1H/t8-;/m1./s1. The lowest BCUT2D eigenvalue weighted by Gasteiger charge is -2.20. The van der Waals surface area contributed by atoms with Gasteiger partial charge in [-0.15, -0.1) is 35.3 Å². The van der Waals surface area contributed by atoms with Crippen LogP contribution in [0.3, 0.4) is 0 Å². The number of rotatable bonds is 3. The summed E-state index contributed by atoms with van der Waals surface area (Å²) in [6.07, 6.45) is -4.13. The lowest BCUT2D eigenvalue weighted by atomic mass is 10.3. The average molecular weight is 450 g/mol. The van der Waals surface area contributed by atoms with Gasteiger partial charge in [-0.05, 0) is 13.3 Å². The Hall–Kier alpha value is -0.620. The molecule has 2 rings (SSSR count). The van der Waals surface area contributed by atoms with Gasteiger partial charge in [-0.3, -0.25) is 0 Å². The summed E-state index contributed by atoms with van der Waals surface area (Å²) in [4.78, 5) is 9.74. The zero-order chi connectivity index (χ0) is 15.5. The van der Waals surface area contributed by atoms with E-state index < -0.39 is 11.9 Å². The molecule has 5 nitrogen and oxygen atoms in total. The molecule has 0 bridgehead atoms. The number of thiazole rings is 1. The second-order valence-electron chi connectivity index (χ2n) is 4.68. The summed E-state index contributed by atoms with van der Waals surface area (Å²) in [6, 6.07) is 0. The predicted molar refractivity (Wildman–Crippen MR) is 89.5 cm³/mol. The Balaban J connectivity index is 0.00000242. The Morgan fingerprint density at radius 1 is 1.59 bits per heavy atom. The highest BCUT2D eigenvalue weighted by Gasteiger charge is 2.33. The monoisotopic (exact) mass is 450 g/mol. The Bertz CT molecular complexity index is 509. The molecule has 1 atom stereocenters. The zero-order valence-electron chi connectivity index (χ0n) is 11.9. The number of aliphatic hydroxyl groups is 1. The molecular formula is C12H18F3IN4OS. The summed E-state index contributed by atoms with van der Waals surface area (Å²) in [7, 11) is 0. The molecule has 0 aromatic carbocycles. The number of hydrogen-bond acceptors (Lipinski definition) is 4. The summed E-state index contributed by atoms with van der Waals surface area (Å²) >= 11 is 0.946. The van der Waals surface area contributed by atoms with Gasteiger partial charge in [0.05, 0.1) is 12.6 Å². The number of nitrogens with zero attached hydrogens (tertiary/aromatic N) is 3. The molecule has 22 heavy (non-hydrogen) atoms. The fourth-order valence-electron chi connectivity index (χ4n) is 2.02. The number of aromatic nitrogens is 1. The van der Waals surface area contributed by atoms with Gasteiger partial charge in [0.25, 0.3) is 0 Å². The topological polar surface area (TPSA) is 60.8 Å². The lowest BCUT2D eigenvalue weighted by Crippen LogP contribution is -2.40. The van der Waals surface area contributed by atoms with Crippen LogP contribution < -0.4 is 5.32 Å². The SMILES string of the molecule is CCNC(=NCc1nc(C(F)(F)F)cs1)N1CC[C@@H](O)C1.I. The van der Waals surface area contributed by atoms with Crippen molar-refractivity contribution in [3.63, 3.8) is 0 Å². The van der Waals surface area contributed by atoms with Gasteiger partial charge in [-0.1, -0.05) is 0 Å². The van der Waals surface area contributed by atoms with E-state index >= 15 is 0 Å². The van der Waals surface area contributed by atoms with E-state index in [1.807, 2.05) is 11.8 Å². The molecule has 1 aliphatic rings. The van der Waals surface area contributed by atoms with Gasteiger partial charge in [0.1, 0.15) is 5.01 Å². The fraction of sp³-hybridized carbons (Fsp3) is 0.667. The van der Waals surface area contributed by atoms with Gasteiger partial charge in [-0.2, -0.15) is 13.2 Å². The number of aliphatic hydroxyl groups excluding tert-OH is 1. The van der Waals surface area contributed by atoms with Crippen LogP contribution >= 0.6 is 35.3 Å². The molecule has 0 unspecified atom stereocenters. The first-order valence-corrected chi connectivity index (χ1v) is 7.51. The average Bonchev–Trinajstić information content (AvgIpc) is 3.02. The quantitative estimate of drug-likeness (QED) is 0.422. The third-order valence-electron chi connectivity index (χ3n) is 3.00. The van der Waals surface area contributed by atoms with E-state index in [-0.39, 0.29) is 36.6 Å². The number of alkyl halides is 3. The molecule has 1 aromatic rings. The van der Waals surface area contributed by atoms with Gasteiger partial charge in [-0.25, -0.2) is 9.98 Å². The van der Waals surface area contributed by atoms with Gasteiger partial charge in [0, 0.05) is 25.0 Å². The highest BCUT2D eigenvalue weighted by Crippen LogP contribution is 2.30. The highest BCUT2D eigenvalue weighted by atomic mass is 127. The van der Waals surface area contributed by atoms with Crippen LogP contribution in [0.4, 0.5) is 13.2 Å². The molecule has 2 N–H and O–H groups in total. The minimum atomic E-state index is -4.41. The second kappa shape index (κ2) is 8.29. The van der Waals surface area contributed by atoms with Gasteiger partial charge < -0.3 is 15.3 Å². The van der Waals surface area contributed by atoms with E-state index in [9.17, 15) is 18.3 Å². The third kappa shape index (κ3) is 5.23. The van der Waals surface area contributed by atoms with E-state index in [0.29, 0.717) is 37.0 Å². The van der Waals surface area contributed by atoms with Crippen LogP contribution in [0.15, 0.2) is 10.4 Å². The summed E-state index contributed by atoms with van der Waals surface area (Å²) in [6.45, 7) is 3.82. The zero-order valence-corrected chi connectivity index (χ0v) is 15.1. The maximum absolute atomic E-state index is 12.5. The van der Waals surface area contributed by atoms with E-state index in [4.69, 9.17) is 0 Å². The Kier molecular flexibility index (Phi) is 7.32. The minimum absolute atomic E-state index is 0. The smallest absolute Gasteiger partial charge is 0.391 e. The van der Waals surface area contributed by atoms with Crippen LogP contribution in [-0.4, -0.2) is 46.7 Å². The summed E-state index contributed by atoms with van der Waals surface area (Å²) in [5.74, 6) is 0.595. The van der Waals surface area contributed by atoms with Crippen molar-refractivity contribution in [2.24, 2.45) is 4.99 Å². The number of guanidine groups is 1. The Morgan fingerprint density at radius 2 is 2.32 bits per heavy atom. The van der Waals surface area contributed by atoms with Gasteiger partial charge in [0.15, 0.2) is 11.7 Å². The molecule has 2 heterocycles. The predicted octanol–water partition coefficient (Wildman–Crippen LogP) is 2.31. The second-order valence-corrected chi connectivity index (χ2v) is 5.63. The van der Waals surface area contributed by atoms with E-state index in [2.05, 4.69) is 15.3 Å². The van der Waals surface area contributed by atoms with Crippen molar-refractivity contribution in [2.45, 2.75) is 32.2 Å². The van der Waals surface area contributed by atoms with Crippen LogP contribution in [0.2, 0.25) is 0 Å². The van der Waals surface area contributed by atoms with Crippen molar-refractivity contribution in [3.05, 3.63) is 16.1 Å². The fourth-order valence-corrected chi connectivity index (χ4v) is 2.74. The summed E-state index contributed by atoms with van der Waals surface area (Å²) in [5, 5.41) is 13.9. The Morgan fingerprint density at radius 3 is 2.82 bits per heavy atom. The van der Waals surface area contributed by atoms with E-state index in [1.54, 1.807) is 0 Å². The molecule has 0 radical (unpaired) electrons. The van der Waals surface area contributed by atoms with Crippen LogP contribution in [0, 0.1) is 0 Å². The first-order valence-electron chi connectivity index (χ1n) is 6.63. The number of β-amino-alcohol motifs (C(OH)–C–C–N with tert-alkyl or cyclic N) is 1. The Labute approximate surface area is 147 Å². The van der Waals surface area contributed by atoms with Crippen molar-refractivity contribution >= 4 is 41.3 Å². The highest BCUT2D eigenvalue weighted by molar-refractivity contribution is 14.0. The molecule has 1 fully saturated rings. The maximum atomic E-state index is 12.5. The summed E-state index contributed by atoms with van der Waals surface area (Å²) < 4.78 is 37.4. The number of likely N-dealkylation sites (tertiary alicyclic amines) is 1. The minimum Gasteiger partial charge on any atom is -0.391 e. The van der Waals surface area contributed by atoms with E-state index in [1.165, 1.54) is 0 Å². The number of nitrogens with one attached hydrogen (secondary N) is 1. The molecule has 10 heteroatoms. The molecule has 126 valence electrons. The molecule has 0 aliphatic carbocycles.